The SMILES string of the molecule is Cc1cccc(NC(=O)[C@@H]2CCCN(c3nccnc3Oc3ccccc3)C2)c1C. The number of nitrogens with zero attached hydrogens (tertiary/aromatic N) is 3. The summed E-state index contributed by atoms with van der Waals surface area (Å²) < 4.78 is 5.97. The molecule has 3 aromatic rings. The highest BCUT2D eigenvalue weighted by molar-refractivity contribution is 5.94. The van der Waals surface area contributed by atoms with Crippen molar-refractivity contribution < 1.29 is 9.53 Å². The normalized spacial score (nSPS) is 16.2. The monoisotopic (exact) mass is 402 g/mol. The first-order valence-electron chi connectivity index (χ1n) is 10.3. The zero-order chi connectivity index (χ0) is 20.9. The maximum Gasteiger partial charge on any atom is 0.263 e. The van der Waals surface area contributed by atoms with Crippen LogP contribution in [0, 0.1) is 19.8 Å². The number of anilines is 2. The smallest absolute Gasteiger partial charge is 0.263 e. The van der Waals surface area contributed by atoms with E-state index in [1.54, 1.807) is 12.4 Å². The van der Waals surface area contributed by atoms with Gasteiger partial charge in [-0.05, 0) is 56.0 Å². The van der Waals surface area contributed by atoms with E-state index in [0.717, 1.165) is 30.6 Å². The fraction of sp³-hybridized carbons (Fsp3) is 0.292. The molecule has 1 saturated heterocycles. The van der Waals surface area contributed by atoms with Gasteiger partial charge in [0.2, 0.25) is 5.91 Å². The number of carbonyl (C=O) groups excluding carboxylic acids is 1. The number of aromatic nitrogens is 2. The molecule has 1 amide bonds. The van der Waals surface area contributed by atoms with E-state index in [1.165, 1.54) is 5.56 Å². The highest BCUT2D eigenvalue weighted by Crippen LogP contribution is 2.31. The van der Waals surface area contributed by atoms with Gasteiger partial charge in [0.15, 0.2) is 5.82 Å². The van der Waals surface area contributed by atoms with E-state index >= 15 is 0 Å². The third-order valence-electron chi connectivity index (χ3n) is 5.56. The lowest BCUT2D eigenvalue weighted by Gasteiger charge is -2.33. The Morgan fingerprint density at radius 2 is 1.87 bits per heavy atom. The van der Waals surface area contributed by atoms with Crippen molar-refractivity contribution in [2.24, 2.45) is 5.92 Å². The summed E-state index contributed by atoms with van der Waals surface area (Å²) in [4.78, 5) is 24.0. The Kier molecular flexibility index (Phi) is 5.93. The molecule has 1 aliphatic heterocycles. The largest absolute Gasteiger partial charge is 0.436 e. The minimum absolute atomic E-state index is 0.0443. The minimum atomic E-state index is -0.120. The number of aryl methyl sites for hydroxylation is 1. The van der Waals surface area contributed by atoms with Crippen molar-refractivity contribution in [1.82, 2.24) is 9.97 Å². The van der Waals surface area contributed by atoms with Crippen LogP contribution in [0.4, 0.5) is 11.5 Å². The van der Waals surface area contributed by atoms with Crippen LogP contribution in [0.15, 0.2) is 60.9 Å². The molecule has 4 rings (SSSR count). The van der Waals surface area contributed by atoms with Crippen LogP contribution in [0.1, 0.15) is 24.0 Å². The fourth-order valence-corrected chi connectivity index (χ4v) is 3.71. The summed E-state index contributed by atoms with van der Waals surface area (Å²) in [6.45, 7) is 5.48. The van der Waals surface area contributed by atoms with Gasteiger partial charge in [-0.25, -0.2) is 9.97 Å². The van der Waals surface area contributed by atoms with Gasteiger partial charge in [-0.2, -0.15) is 0 Å². The summed E-state index contributed by atoms with van der Waals surface area (Å²) in [5.74, 6) is 1.76. The van der Waals surface area contributed by atoms with Gasteiger partial charge in [-0.15, -0.1) is 0 Å². The summed E-state index contributed by atoms with van der Waals surface area (Å²) in [5.41, 5.74) is 3.15. The first-order valence-corrected chi connectivity index (χ1v) is 10.3. The molecule has 1 aromatic heterocycles. The van der Waals surface area contributed by atoms with E-state index in [1.807, 2.05) is 49.4 Å². The lowest BCUT2D eigenvalue weighted by Crippen LogP contribution is -2.41. The molecule has 1 fully saturated rings. The molecule has 1 atom stereocenters. The van der Waals surface area contributed by atoms with E-state index in [9.17, 15) is 4.79 Å². The van der Waals surface area contributed by atoms with Crippen LogP contribution in [-0.4, -0.2) is 29.0 Å². The molecule has 0 unspecified atom stereocenters. The molecule has 6 heteroatoms. The number of hydrogen-bond acceptors (Lipinski definition) is 5. The second-order valence-corrected chi connectivity index (χ2v) is 7.62. The van der Waals surface area contributed by atoms with Gasteiger partial charge in [-0.3, -0.25) is 4.79 Å². The zero-order valence-electron chi connectivity index (χ0n) is 17.3. The van der Waals surface area contributed by atoms with Crippen LogP contribution >= 0.6 is 0 Å². The van der Waals surface area contributed by atoms with E-state index in [2.05, 4.69) is 33.2 Å². The average molecular weight is 402 g/mol. The van der Waals surface area contributed by atoms with Crippen molar-refractivity contribution in [2.75, 3.05) is 23.3 Å². The van der Waals surface area contributed by atoms with Crippen molar-refractivity contribution in [3.05, 3.63) is 72.1 Å². The van der Waals surface area contributed by atoms with Crippen LogP contribution < -0.4 is 15.0 Å². The Morgan fingerprint density at radius 3 is 2.70 bits per heavy atom. The molecule has 0 bridgehead atoms. The highest BCUT2D eigenvalue weighted by Gasteiger charge is 2.29. The third kappa shape index (κ3) is 4.43. The number of amides is 1. The molecule has 2 heterocycles. The molecule has 6 nitrogen and oxygen atoms in total. The second-order valence-electron chi connectivity index (χ2n) is 7.62. The van der Waals surface area contributed by atoms with Gasteiger partial charge in [0.05, 0.1) is 5.92 Å². The van der Waals surface area contributed by atoms with E-state index in [0.29, 0.717) is 24.0 Å². The van der Waals surface area contributed by atoms with Gasteiger partial charge in [0.25, 0.3) is 5.88 Å². The van der Waals surface area contributed by atoms with Gasteiger partial charge in [0.1, 0.15) is 5.75 Å². The van der Waals surface area contributed by atoms with Gasteiger partial charge in [-0.1, -0.05) is 30.3 Å². The van der Waals surface area contributed by atoms with Crippen LogP contribution in [-0.2, 0) is 4.79 Å². The second kappa shape index (κ2) is 8.95. The van der Waals surface area contributed by atoms with Gasteiger partial charge < -0.3 is 15.0 Å². The molecule has 0 radical (unpaired) electrons. The number of rotatable bonds is 5. The van der Waals surface area contributed by atoms with Crippen molar-refractivity contribution >= 4 is 17.4 Å². The number of ether oxygens (including phenoxy) is 1. The molecule has 0 saturated carbocycles. The quantitative estimate of drug-likeness (QED) is 0.668. The first kappa shape index (κ1) is 19.9. The molecular formula is C24H26N4O2. The Hall–Kier alpha value is -3.41. The summed E-state index contributed by atoms with van der Waals surface area (Å²) in [6.07, 6.45) is 5.04. The Balaban J connectivity index is 1.49. The fourth-order valence-electron chi connectivity index (χ4n) is 3.71. The number of hydrogen-bond donors (Lipinski definition) is 1. The van der Waals surface area contributed by atoms with Crippen molar-refractivity contribution in [3.63, 3.8) is 0 Å². The standard InChI is InChI=1S/C24H26N4O2/c1-17-8-6-12-21(18(17)2)27-23(29)19-9-7-15-28(16-19)22-24(26-14-13-25-22)30-20-10-4-3-5-11-20/h3-6,8,10-14,19H,7,9,15-16H2,1-2H3,(H,27,29)/t19-/m1/s1. The average Bonchev–Trinajstić information content (AvgIpc) is 2.78. The summed E-state index contributed by atoms with van der Waals surface area (Å²) in [7, 11) is 0. The number of para-hydroxylation sites is 1. The van der Waals surface area contributed by atoms with Crippen molar-refractivity contribution in [2.45, 2.75) is 26.7 Å². The van der Waals surface area contributed by atoms with Crippen molar-refractivity contribution in [3.8, 4) is 11.6 Å². The number of benzene rings is 2. The highest BCUT2D eigenvalue weighted by atomic mass is 16.5. The zero-order valence-corrected chi connectivity index (χ0v) is 17.3. The number of carbonyl (C=O) groups is 1. The topological polar surface area (TPSA) is 67.4 Å². The maximum absolute atomic E-state index is 13.0. The molecule has 2 aromatic carbocycles. The predicted octanol–water partition coefficient (Wildman–Crippen LogP) is 4.74. The summed E-state index contributed by atoms with van der Waals surface area (Å²) in [5, 5.41) is 3.11. The Labute approximate surface area is 176 Å². The first-order chi connectivity index (χ1) is 14.6. The maximum atomic E-state index is 13.0. The van der Waals surface area contributed by atoms with Gasteiger partial charge >= 0.3 is 0 Å². The Bertz CT molecular complexity index is 1020. The van der Waals surface area contributed by atoms with Crippen LogP contribution in [0.2, 0.25) is 0 Å². The van der Waals surface area contributed by atoms with E-state index in [4.69, 9.17) is 4.74 Å². The number of piperidine rings is 1. The molecular weight excluding hydrogens is 376 g/mol. The molecule has 154 valence electrons. The Morgan fingerprint density at radius 1 is 1.07 bits per heavy atom. The van der Waals surface area contributed by atoms with Crippen LogP contribution in [0.5, 0.6) is 11.6 Å². The van der Waals surface area contributed by atoms with E-state index in [-0.39, 0.29) is 11.8 Å². The predicted molar refractivity (Wildman–Crippen MR) is 118 cm³/mol. The molecule has 30 heavy (non-hydrogen) atoms. The lowest BCUT2D eigenvalue weighted by molar-refractivity contribution is -0.120. The summed E-state index contributed by atoms with van der Waals surface area (Å²) >= 11 is 0. The van der Waals surface area contributed by atoms with E-state index < -0.39 is 0 Å². The number of nitrogens with one attached hydrogen (secondary N) is 1. The lowest BCUT2D eigenvalue weighted by atomic mass is 9.96. The molecule has 1 N–H and O–H groups in total. The van der Waals surface area contributed by atoms with Crippen LogP contribution in [0.3, 0.4) is 0 Å². The van der Waals surface area contributed by atoms with Crippen molar-refractivity contribution in [1.29, 1.82) is 0 Å². The third-order valence-corrected chi connectivity index (χ3v) is 5.56. The molecule has 0 spiro atoms. The van der Waals surface area contributed by atoms with Crippen LogP contribution in [0.25, 0.3) is 0 Å². The minimum Gasteiger partial charge on any atom is -0.436 e. The van der Waals surface area contributed by atoms with Gasteiger partial charge in [0, 0.05) is 31.2 Å². The molecule has 1 aliphatic rings. The molecule has 0 aliphatic carbocycles. The summed E-state index contributed by atoms with van der Waals surface area (Å²) in [6, 6.07) is 15.5.